The molecule has 0 saturated heterocycles. The van der Waals surface area contributed by atoms with Gasteiger partial charge in [-0.2, -0.15) is 0 Å². The average molecular weight is 526 g/mol. The second-order valence-electron chi connectivity index (χ2n) is 7.71. The summed E-state index contributed by atoms with van der Waals surface area (Å²) in [6.07, 6.45) is -0.820. The molecular weight excluding hydrogens is 502 g/mol. The molecule has 3 aromatic carbocycles. The number of hydrogen-bond donors (Lipinski definition) is 2. The molecule has 7 nitrogen and oxygen atoms in total. The minimum Gasteiger partial charge on any atom is -0.492 e. The molecule has 1 amide bonds. The van der Waals surface area contributed by atoms with Crippen LogP contribution in [0, 0.1) is 0 Å². The van der Waals surface area contributed by atoms with Crippen LogP contribution in [0.3, 0.4) is 0 Å². The SMILES string of the molecule is CCOc1cc(C(NC(=O)OCC2c3ccccc3-c3ccccc32)C(=O)O)cc(Br)c1OC. The zero-order valence-electron chi connectivity index (χ0n) is 18.7. The molecule has 2 N–H and O–H groups in total. The number of carbonyl (C=O) groups is 2. The number of carbonyl (C=O) groups excluding carboxylic acids is 1. The molecule has 0 spiro atoms. The lowest BCUT2D eigenvalue weighted by atomic mass is 9.98. The Kier molecular flexibility index (Phi) is 7.07. The van der Waals surface area contributed by atoms with Crippen molar-refractivity contribution in [2.24, 2.45) is 0 Å². The third-order valence-electron chi connectivity index (χ3n) is 5.72. The molecular formula is C26H24BrNO6. The molecule has 0 heterocycles. The van der Waals surface area contributed by atoms with Crippen molar-refractivity contribution in [1.82, 2.24) is 5.32 Å². The lowest BCUT2D eigenvalue weighted by Gasteiger charge is -2.19. The van der Waals surface area contributed by atoms with E-state index in [-0.39, 0.29) is 12.5 Å². The Hall–Kier alpha value is -3.52. The van der Waals surface area contributed by atoms with E-state index in [2.05, 4.69) is 21.2 Å². The number of alkyl carbamates (subject to hydrolysis) is 1. The number of hydrogen-bond acceptors (Lipinski definition) is 5. The van der Waals surface area contributed by atoms with Gasteiger partial charge < -0.3 is 24.6 Å². The van der Waals surface area contributed by atoms with Gasteiger partial charge in [-0.3, -0.25) is 0 Å². The summed E-state index contributed by atoms with van der Waals surface area (Å²) in [6, 6.07) is 17.8. The van der Waals surface area contributed by atoms with Crippen LogP contribution >= 0.6 is 15.9 Å². The number of methoxy groups -OCH3 is 1. The van der Waals surface area contributed by atoms with Crippen molar-refractivity contribution >= 4 is 28.0 Å². The summed E-state index contributed by atoms with van der Waals surface area (Å²) in [5, 5.41) is 12.3. The van der Waals surface area contributed by atoms with Gasteiger partial charge in [0.2, 0.25) is 0 Å². The minimum atomic E-state index is -1.34. The normalized spacial score (nSPS) is 12.9. The van der Waals surface area contributed by atoms with Gasteiger partial charge in [-0.05, 0) is 62.8 Å². The molecule has 0 fully saturated rings. The fourth-order valence-electron chi connectivity index (χ4n) is 4.26. The van der Waals surface area contributed by atoms with E-state index >= 15 is 0 Å². The van der Waals surface area contributed by atoms with Gasteiger partial charge in [0.1, 0.15) is 6.61 Å². The summed E-state index contributed by atoms with van der Waals surface area (Å²) in [5.74, 6) is -0.542. The first-order valence-corrected chi connectivity index (χ1v) is 11.6. The lowest BCUT2D eigenvalue weighted by molar-refractivity contribution is -0.139. The molecule has 1 aliphatic rings. The average Bonchev–Trinajstić information content (AvgIpc) is 3.15. The van der Waals surface area contributed by atoms with Crippen LogP contribution in [-0.4, -0.2) is 37.5 Å². The van der Waals surface area contributed by atoms with E-state index in [0.29, 0.717) is 28.1 Å². The monoisotopic (exact) mass is 525 g/mol. The maximum Gasteiger partial charge on any atom is 0.408 e. The second kappa shape index (κ2) is 10.2. The van der Waals surface area contributed by atoms with Crippen molar-refractivity contribution in [3.05, 3.63) is 81.8 Å². The third-order valence-corrected chi connectivity index (χ3v) is 6.31. The molecule has 0 bridgehead atoms. The van der Waals surface area contributed by atoms with Gasteiger partial charge in [0.25, 0.3) is 0 Å². The Balaban J connectivity index is 1.52. The highest BCUT2D eigenvalue weighted by Gasteiger charge is 2.30. The molecule has 0 saturated carbocycles. The van der Waals surface area contributed by atoms with Crippen LogP contribution in [-0.2, 0) is 9.53 Å². The molecule has 0 aliphatic heterocycles. The molecule has 1 aliphatic carbocycles. The maximum atomic E-state index is 12.7. The summed E-state index contributed by atoms with van der Waals surface area (Å²) in [4.78, 5) is 24.7. The molecule has 4 rings (SSSR count). The van der Waals surface area contributed by atoms with Crippen LogP contribution in [0.1, 0.15) is 35.6 Å². The van der Waals surface area contributed by atoms with Crippen LogP contribution in [0.4, 0.5) is 4.79 Å². The highest BCUT2D eigenvalue weighted by molar-refractivity contribution is 9.10. The fraction of sp³-hybridized carbons (Fsp3) is 0.231. The molecule has 0 radical (unpaired) electrons. The van der Waals surface area contributed by atoms with E-state index < -0.39 is 18.1 Å². The predicted octanol–water partition coefficient (Wildman–Crippen LogP) is 5.52. The summed E-state index contributed by atoms with van der Waals surface area (Å²) in [6.45, 7) is 2.26. The van der Waals surface area contributed by atoms with E-state index in [1.165, 1.54) is 13.2 Å². The smallest absolute Gasteiger partial charge is 0.408 e. The van der Waals surface area contributed by atoms with Gasteiger partial charge in [-0.25, -0.2) is 9.59 Å². The van der Waals surface area contributed by atoms with Gasteiger partial charge in [-0.1, -0.05) is 48.5 Å². The third kappa shape index (κ3) is 4.59. The lowest BCUT2D eigenvalue weighted by Crippen LogP contribution is -2.35. The van der Waals surface area contributed by atoms with Gasteiger partial charge in [0, 0.05) is 5.92 Å². The number of ether oxygens (including phenoxy) is 3. The first-order chi connectivity index (χ1) is 16.4. The number of halogens is 1. The molecule has 8 heteroatoms. The van der Waals surface area contributed by atoms with Crippen molar-refractivity contribution in [2.45, 2.75) is 18.9 Å². The van der Waals surface area contributed by atoms with E-state index in [9.17, 15) is 14.7 Å². The number of carboxylic acid groups (broad SMARTS) is 1. The van der Waals surface area contributed by atoms with E-state index in [1.54, 1.807) is 6.07 Å². The molecule has 1 atom stereocenters. The molecule has 34 heavy (non-hydrogen) atoms. The first kappa shape index (κ1) is 23.6. The molecule has 176 valence electrons. The van der Waals surface area contributed by atoms with Crippen molar-refractivity contribution in [3.8, 4) is 22.6 Å². The quantitative estimate of drug-likeness (QED) is 0.402. The van der Waals surface area contributed by atoms with Crippen LogP contribution in [0.2, 0.25) is 0 Å². The standard InChI is InChI=1S/C26H24BrNO6/c1-3-33-22-13-15(12-21(27)24(22)32-2)23(25(29)30)28-26(31)34-14-20-18-10-6-4-8-16(18)17-9-5-7-11-19(17)20/h4-13,20,23H,3,14H2,1-2H3,(H,28,31)(H,29,30). The second-order valence-corrected chi connectivity index (χ2v) is 8.56. The number of carboxylic acids is 1. The van der Waals surface area contributed by atoms with Gasteiger partial charge in [0.15, 0.2) is 17.5 Å². The number of rotatable bonds is 8. The maximum absolute atomic E-state index is 12.7. The van der Waals surface area contributed by atoms with Crippen LogP contribution in [0.5, 0.6) is 11.5 Å². The van der Waals surface area contributed by atoms with Crippen molar-refractivity contribution in [3.63, 3.8) is 0 Å². The summed E-state index contributed by atoms with van der Waals surface area (Å²) in [7, 11) is 1.49. The summed E-state index contributed by atoms with van der Waals surface area (Å²) < 4.78 is 16.9. The van der Waals surface area contributed by atoms with Crippen molar-refractivity contribution < 1.29 is 28.9 Å². The Morgan fingerprint density at radius 1 is 1.06 bits per heavy atom. The fourth-order valence-corrected chi connectivity index (χ4v) is 4.88. The van der Waals surface area contributed by atoms with Crippen molar-refractivity contribution in [2.75, 3.05) is 20.3 Å². The van der Waals surface area contributed by atoms with E-state index in [1.807, 2.05) is 55.5 Å². The first-order valence-electron chi connectivity index (χ1n) is 10.8. The minimum absolute atomic E-state index is 0.0860. The van der Waals surface area contributed by atoms with Gasteiger partial charge in [0.05, 0.1) is 18.2 Å². The largest absolute Gasteiger partial charge is 0.492 e. The number of amides is 1. The number of aliphatic carboxylic acids is 1. The van der Waals surface area contributed by atoms with Crippen LogP contribution in [0.25, 0.3) is 11.1 Å². The van der Waals surface area contributed by atoms with Gasteiger partial charge >= 0.3 is 12.1 Å². The Labute approximate surface area is 205 Å². The van der Waals surface area contributed by atoms with Crippen LogP contribution < -0.4 is 14.8 Å². The Bertz CT molecular complexity index is 1180. The summed E-state index contributed by atoms with van der Waals surface area (Å²) in [5.41, 5.74) is 4.69. The Morgan fingerprint density at radius 3 is 2.24 bits per heavy atom. The zero-order chi connectivity index (χ0) is 24.2. The van der Waals surface area contributed by atoms with Crippen molar-refractivity contribution in [1.29, 1.82) is 0 Å². The molecule has 3 aromatic rings. The van der Waals surface area contributed by atoms with Gasteiger partial charge in [-0.15, -0.1) is 0 Å². The number of benzene rings is 3. The highest BCUT2D eigenvalue weighted by atomic mass is 79.9. The number of fused-ring (bicyclic) bond motifs is 3. The summed E-state index contributed by atoms with van der Waals surface area (Å²) >= 11 is 3.38. The molecule has 1 unspecified atom stereocenters. The predicted molar refractivity (Wildman–Crippen MR) is 130 cm³/mol. The molecule has 0 aromatic heterocycles. The highest BCUT2D eigenvalue weighted by Crippen LogP contribution is 2.44. The topological polar surface area (TPSA) is 94.1 Å². The zero-order valence-corrected chi connectivity index (χ0v) is 20.3. The van der Waals surface area contributed by atoms with E-state index in [0.717, 1.165) is 22.3 Å². The van der Waals surface area contributed by atoms with Crippen LogP contribution in [0.15, 0.2) is 65.1 Å². The number of nitrogens with one attached hydrogen (secondary N) is 1. The Morgan fingerprint density at radius 2 is 1.68 bits per heavy atom. The van der Waals surface area contributed by atoms with E-state index in [4.69, 9.17) is 14.2 Å².